The minimum Gasteiger partial charge on any atom is -0.305 e. The summed E-state index contributed by atoms with van der Waals surface area (Å²) in [4.78, 5) is 4.58. The maximum absolute atomic E-state index is 8.57. The predicted molar refractivity (Wildman–Crippen MR) is 53.8 cm³/mol. The van der Waals surface area contributed by atoms with Gasteiger partial charge in [-0.25, -0.2) is 0 Å². The van der Waals surface area contributed by atoms with Gasteiger partial charge in [-0.1, -0.05) is 0 Å². The Hall–Kier alpha value is -0.300. The van der Waals surface area contributed by atoms with Crippen molar-refractivity contribution in [3.63, 3.8) is 0 Å². The van der Waals surface area contributed by atoms with Gasteiger partial charge in [-0.05, 0) is 26.6 Å². The molecule has 3 nitrogen and oxygen atoms in total. The highest BCUT2D eigenvalue weighted by molar-refractivity contribution is 6.22. The van der Waals surface area contributed by atoms with Gasteiger partial charge in [0.05, 0.1) is 6.07 Å². The fraction of sp³-hybridized carbons (Fsp3) is 0.889. The molecule has 4 heteroatoms. The average Bonchev–Trinajstić information content (AvgIpc) is 2.31. The van der Waals surface area contributed by atoms with Gasteiger partial charge < -0.3 is 4.90 Å². The predicted octanol–water partition coefficient (Wildman–Crippen LogP) is 0.755. The Balaban J connectivity index is 2.30. The first kappa shape index (κ1) is 10.8. The van der Waals surface area contributed by atoms with E-state index in [0.29, 0.717) is 6.54 Å². The molecular formula is C9H16ClN3. The van der Waals surface area contributed by atoms with Crippen molar-refractivity contribution in [2.45, 2.75) is 11.8 Å². The lowest BCUT2D eigenvalue weighted by atomic mass is 10.3. The number of halogens is 1. The van der Waals surface area contributed by atoms with E-state index >= 15 is 0 Å². The summed E-state index contributed by atoms with van der Waals surface area (Å²) >= 11 is 5.77. The van der Waals surface area contributed by atoms with E-state index in [4.69, 9.17) is 16.9 Å². The lowest BCUT2D eigenvalue weighted by Gasteiger charge is -2.19. The van der Waals surface area contributed by atoms with E-state index in [0.717, 1.165) is 26.2 Å². The number of hydrogen-bond acceptors (Lipinski definition) is 3. The number of alkyl halides is 1. The third-order valence-corrected chi connectivity index (χ3v) is 2.61. The van der Waals surface area contributed by atoms with Gasteiger partial charge in [0.2, 0.25) is 0 Å². The van der Waals surface area contributed by atoms with Crippen LogP contribution in [0, 0.1) is 11.3 Å². The van der Waals surface area contributed by atoms with E-state index in [9.17, 15) is 0 Å². The van der Waals surface area contributed by atoms with E-state index in [1.54, 1.807) is 0 Å². The summed E-state index contributed by atoms with van der Waals surface area (Å²) in [5.41, 5.74) is 0. The molecule has 74 valence electrons. The van der Waals surface area contributed by atoms with Crippen molar-refractivity contribution in [3.8, 4) is 6.07 Å². The fourth-order valence-corrected chi connectivity index (χ4v) is 1.75. The molecule has 1 rings (SSSR count). The van der Waals surface area contributed by atoms with Gasteiger partial charge in [0.15, 0.2) is 0 Å². The molecule has 1 atom stereocenters. The molecule has 0 aromatic rings. The largest absolute Gasteiger partial charge is 0.305 e. The Morgan fingerprint density at radius 1 is 1.38 bits per heavy atom. The second-order valence-electron chi connectivity index (χ2n) is 3.55. The average molecular weight is 202 g/mol. The molecule has 13 heavy (non-hydrogen) atoms. The van der Waals surface area contributed by atoms with Crippen LogP contribution in [0.2, 0.25) is 0 Å². The zero-order valence-electron chi connectivity index (χ0n) is 8.04. The number of hydrogen-bond donors (Lipinski definition) is 0. The lowest BCUT2D eigenvalue weighted by Crippen LogP contribution is -2.33. The summed E-state index contributed by atoms with van der Waals surface area (Å²) in [6.07, 6.45) is 1.17. The van der Waals surface area contributed by atoms with Crippen LogP contribution in [0.3, 0.4) is 0 Å². The van der Waals surface area contributed by atoms with E-state index < -0.39 is 0 Å². The number of likely N-dealkylation sites (N-methyl/N-ethyl adjacent to an activating group) is 1. The van der Waals surface area contributed by atoms with Gasteiger partial charge in [0, 0.05) is 19.6 Å². The van der Waals surface area contributed by atoms with E-state index in [2.05, 4.69) is 22.9 Å². The van der Waals surface area contributed by atoms with Crippen LogP contribution in [-0.4, -0.2) is 54.9 Å². The highest BCUT2D eigenvalue weighted by Crippen LogP contribution is 2.04. The molecule has 1 aliphatic rings. The smallest absolute Gasteiger partial charge is 0.133 e. The maximum atomic E-state index is 8.57. The van der Waals surface area contributed by atoms with Crippen molar-refractivity contribution in [2.75, 3.05) is 39.8 Å². The van der Waals surface area contributed by atoms with Crippen LogP contribution >= 0.6 is 11.6 Å². The fourth-order valence-electron chi connectivity index (χ4n) is 1.55. The van der Waals surface area contributed by atoms with Gasteiger partial charge in [-0.2, -0.15) is 5.26 Å². The second kappa shape index (κ2) is 5.43. The molecule has 0 bridgehead atoms. The summed E-state index contributed by atoms with van der Waals surface area (Å²) in [5, 5.41) is 8.21. The molecule has 1 aliphatic heterocycles. The summed E-state index contributed by atoms with van der Waals surface area (Å²) in [6, 6.07) is 2.05. The maximum Gasteiger partial charge on any atom is 0.133 e. The van der Waals surface area contributed by atoms with Crippen molar-refractivity contribution in [1.82, 2.24) is 9.80 Å². The molecule has 1 fully saturated rings. The van der Waals surface area contributed by atoms with Crippen LogP contribution in [0.4, 0.5) is 0 Å². The van der Waals surface area contributed by atoms with Crippen LogP contribution in [0.5, 0.6) is 0 Å². The minimum atomic E-state index is -0.358. The number of nitrogens with zero attached hydrogens (tertiary/aromatic N) is 3. The normalized spacial score (nSPS) is 23.5. The van der Waals surface area contributed by atoms with Crippen LogP contribution < -0.4 is 0 Å². The molecule has 0 N–H and O–H groups in total. The van der Waals surface area contributed by atoms with Crippen molar-refractivity contribution >= 4 is 11.6 Å². The van der Waals surface area contributed by atoms with E-state index in [-0.39, 0.29) is 5.38 Å². The topological polar surface area (TPSA) is 30.3 Å². The lowest BCUT2D eigenvalue weighted by molar-refractivity contribution is 0.283. The molecule has 0 spiro atoms. The first-order valence-corrected chi connectivity index (χ1v) is 5.10. The SMILES string of the molecule is CN1CCCN(CC(Cl)C#N)CC1. The van der Waals surface area contributed by atoms with Crippen LogP contribution in [0.25, 0.3) is 0 Å². The molecule has 1 heterocycles. The minimum absolute atomic E-state index is 0.358. The van der Waals surface area contributed by atoms with Gasteiger partial charge in [0.25, 0.3) is 0 Å². The number of nitriles is 1. The first-order chi connectivity index (χ1) is 6.22. The molecule has 1 saturated heterocycles. The number of rotatable bonds is 2. The summed E-state index contributed by atoms with van der Waals surface area (Å²) < 4.78 is 0. The Morgan fingerprint density at radius 3 is 2.85 bits per heavy atom. The molecule has 0 radical (unpaired) electrons. The molecule has 1 unspecified atom stereocenters. The highest BCUT2D eigenvalue weighted by Gasteiger charge is 2.14. The van der Waals surface area contributed by atoms with Crippen LogP contribution in [-0.2, 0) is 0 Å². The molecular weight excluding hydrogens is 186 g/mol. The monoisotopic (exact) mass is 201 g/mol. The van der Waals surface area contributed by atoms with Gasteiger partial charge >= 0.3 is 0 Å². The quantitative estimate of drug-likeness (QED) is 0.618. The third-order valence-electron chi connectivity index (χ3n) is 2.37. The molecule has 0 aromatic carbocycles. The molecule has 0 aliphatic carbocycles. The van der Waals surface area contributed by atoms with E-state index in [1.807, 2.05) is 0 Å². The Morgan fingerprint density at radius 2 is 2.15 bits per heavy atom. The van der Waals surface area contributed by atoms with Crippen LogP contribution in [0.15, 0.2) is 0 Å². The highest BCUT2D eigenvalue weighted by atomic mass is 35.5. The zero-order valence-corrected chi connectivity index (χ0v) is 8.80. The second-order valence-corrected chi connectivity index (χ2v) is 4.08. The first-order valence-electron chi connectivity index (χ1n) is 4.67. The Labute approximate surface area is 84.9 Å². The molecule has 0 amide bonds. The van der Waals surface area contributed by atoms with Crippen molar-refractivity contribution in [3.05, 3.63) is 0 Å². The van der Waals surface area contributed by atoms with Crippen LogP contribution in [0.1, 0.15) is 6.42 Å². The van der Waals surface area contributed by atoms with Crippen molar-refractivity contribution < 1.29 is 0 Å². The van der Waals surface area contributed by atoms with Gasteiger partial charge in [-0.3, -0.25) is 4.90 Å². The zero-order chi connectivity index (χ0) is 9.68. The molecule has 0 saturated carbocycles. The molecule has 0 aromatic heterocycles. The summed E-state index contributed by atoms with van der Waals surface area (Å²) in [5.74, 6) is 0. The van der Waals surface area contributed by atoms with Crippen molar-refractivity contribution in [1.29, 1.82) is 5.26 Å². The van der Waals surface area contributed by atoms with Gasteiger partial charge in [-0.15, -0.1) is 11.6 Å². The van der Waals surface area contributed by atoms with Gasteiger partial charge in [0.1, 0.15) is 5.38 Å². The van der Waals surface area contributed by atoms with Crippen molar-refractivity contribution in [2.24, 2.45) is 0 Å². The Kier molecular flexibility index (Phi) is 4.51. The summed E-state index contributed by atoms with van der Waals surface area (Å²) in [7, 11) is 2.13. The Bertz CT molecular complexity index is 190. The standard InChI is InChI=1S/C9H16ClN3/c1-12-3-2-4-13(6-5-12)8-9(10)7-11/h9H,2-6,8H2,1H3. The third kappa shape index (κ3) is 3.95. The van der Waals surface area contributed by atoms with E-state index in [1.165, 1.54) is 6.42 Å². The summed E-state index contributed by atoms with van der Waals surface area (Å²) in [6.45, 7) is 5.02.